The number of ether oxygens (including phenoxy) is 1. The highest BCUT2D eigenvalue weighted by molar-refractivity contribution is 5.81. The van der Waals surface area contributed by atoms with Crippen LogP contribution >= 0.6 is 0 Å². The Morgan fingerprint density at radius 1 is 1.29 bits per heavy atom. The van der Waals surface area contributed by atoms with Gasteiger partial charge in [-0.2, -0.15) is 0 Å². The summed E-state index contributed by atoms with van der Waals surface area (Å²) in [6, 6.07) is 0.383. The third-order valence-electron chi connectivity index (χ3n) is 4.07. The van der Waals surface area contributed by atoms with E-state index >= 15 is 0 Å². The van der Waals surface area contributed by atoms with Gasteiger partial charge in [-0.05, 0) is 44.7 Å². The Morgan fingerprint density at radius 2 is 2.12 bits per heavy atom. The Bertz CT molecular complexity index is 262. The third kappa shape index (κ3) is 2.99. The summed E-state index contributed by atoms with van der Waals surface area (Å²) in [7, 11) is 1.94. The zero-order valence-corrected chi connectivity index (χ0v) is 10.9. The van der Waals surface area contributed by atoms with Gasteiger partial charge >= 0.3 is 0 Å². The lowest BCUT2D eigenvalue weighted by atomic mass is 10.0. The summed E-state index contributed by atoms with van der Waals surface area (Å²) >= 11 is 0. The highest BCUT2D eigenvalue weighted by Gasteiger charge is 2.34. The van der Waals surface area contributed by atoms with E-state index in [2.05, 4.69) is 12.2 Å². The van der Waals surface area contributed by atoms with Gasteiger partial charge in [0.2, 0.25) is 0 Å². The van der Waals surface area contributed by atoms with Gasteiger partial charge < -0.3 is 15.0 Å². The fourth-order valence-electron chi connectivity index (χ4n) is 2.78. The molecular formula is C13H24N2O2. The molecule has 0 aromatic heterocycles. The molecule has 0 aromatic carbocycles. The Labute approximate surface area is 104 Å². The van der Waals surface area contributed by atoms with Crippen molar-refractivity contribution in [3.63, 3.8) is 0 Å². The molecule has 2 aliphatic heterocycles. The molecule has 0 radical (unpaired) electrons. The first kappa shape index (κ1) is 12.8. The molecule has 0 spiro atoms. The molecule has 4 heteroatoms. The molecule has 98 valence electrons. The van der Waals surface area contributed by atoms with E-state index in [1.807, 2.05) is 11.9 Å². The summed E-state index contributed by atoms with van der Waals surface area (Å²) in [5.41, 5.74) is 0. The predicted molar refractivity (Wildman–Crippen MR) is 66.8 cm³/mol. The van der Waals surface area contributed by atoms with Gasteiger partial charge in [0, 0.05) is 19.7 Å². The third-order valence-corrected chi connectivity index (χ3v) is 4.07. The van der Waals surface area contributed by atoms with E-state index in [1.54, 1.807) is 0 Å². The van der Waals surface area contributed by atoms with Gasteiger partial charge in [0.15, 0.2) is 0 Å². The fourth-order valence-corrected chi connectivity index (χ4v) is 2.78. The Balaban J connectivity index is 1.93. The molecule has 0 bridgehead atoms. The van der Waals surface area contributed by atoms with Crippen molar-refractivity contribution in [1.29, 1.82) is 0 Å². The van der Waals surface area contributed by atoms with E-state index in [0.29, 0.717) is 12.0 Å². The number of carbonyl (C=O) groups excluding carboxylic acids is 1. The molecule has 2 saturated heterocycles. The normalized spacial score (nSPS) is 34.4. The zero-order valence-electron chi connectivity index (χ0n) is 10.9. The minimum atomic E-state index is -0.198. The van der Waals surface area contributed by atoms with E-state index in [0.717, 1.165) is 45.4 Å². The first-order chi connectivity index (χ1) is 8.20. The van der Waals surface area contributed by atoms with Gasteiger partial charge in [0.25, 0.3) is 5.91 Å². The Kier molecular flexibility index (Phi) is 4.40. The van der Waals surface area contributed by atoms with Crippen LogP contribution in [0.15, 0.2) is 0 Å². The number of carbonyl (C=O) groups is 1. The topological polar surface area (TPSA) is 41.6 Å². The molecule has 4 nitrogen and oxygen atoms in total. The minimum absolute atomic E-state index is 0.182. The maximum absolute atomic E-state index is 12.3. The maximum Gasteiger partial charge on any atom is 0.251 e. The van der Waals surface area contributed by atoms with Crippen LogP contribution in [0, 0.1) is 5.92 Å². The van der Waals surface area contributed by atoms with Gasteiger partial charge in [-0.1, -0.05) is 6.92 Å². The van der Waals surface area contributed by atoms with Crippen molar-refractivity contribution in [2.75, 3.05) is 26.7 Å². The second-order valence-electron chi connectivity index (χ2n) is 5.34. The minimum Gasteiger partial charge on any atom is -0.368 e. The summed E-state index contributed by atoms with van der Waals surface area (Å²) in [5, 5.41) is 3.38. The highest BCUT2D eigenvalue weighted by atomic mass is 16.5. The molecule has 0 saturated carbocycles. The smallest absolute Gasteiger partial charge is 0.251 e. The van der Waals surface area contributed by atoms with Crippen LogP contribution in [0.4, 0.5) is 0 Å². The number of hydrogen-bond donors (Lipinski definition) is 1. The standard InChI is InChI=1S/C13H24N2O2/c1-10-6-9-17-12(10)13(16)15(2)11-4-3-7-14-8-5-11/h10-12,14H,3-9H2,1-2H3. The van der Waals surface area contributed by atoms with E-state index in [4.69, 9.17) is 4.74 Å². The van der Waals surface area contributed by atoms with Crippen molar-refractivity contribution < 1.29 is 9.53 Å². The average Bonchev–Trinajstić information content (AvgIpc) is 2.60. The van der Waals surface area contributed by atoms with Crippen LogP contribution in [-0.4, -0.2) is 49.7 Å². The first-order valence-corrected chi connectivity index (χ1v) is 6.79. The van der Waals surface area contributed by atoms with Crippen molar-refractivity contribution >= 4 is 5.91 Å². The van der Waals surface area contributed by atoms with E-state index in [9.17, 15) is 4.79 Å². The Hall–Kier alpha value is -0.610. The molecule has 2 heterocycles. The van der Waals surface area contributed by atoms with Crippen LogP contribution < -0.4 is 5.32 Å². The molecule has 2 fully saturated rings. The van der Waals surface area contributed by atoms with Crippen molar-refractivity contribution in [2.24, 2.45) is 5.92 Å². The van der Waals surface area contributed by atoms with E-state index in [1.165, 1.54) is 0 Å². The number of likely N-dealkylation sites (N-methyl/N-ethyl adjacent to an activating group) is 1. The van der Waals surface area contributed by atoms with Crippen molar-refractivity contribution in [2.45, 2.75) is 44.8 Å². The second kappa shape index (κ2) is 5.83. The van der Waals surface area contributed by atoms with Gasteiger partial charge in [-0.25, -0.2) is 0 Å². The molecular weight excluding hydrogens is 216 g/mol. The molecule has 17 heavy (non-hydrogen) atoms. The first-order valence-electron chi connectivity index (χ1n) is 6.79. The molecule has 1 amide bonds. The number of rotatable bonds is 2. The van der Waals surface area contributed by atoms with Crippen molar-refractivity contribution in [3.8, 4) is 0 Å². The number of nitrogens with one attached hydrogen (secondary N) is 1. The van der Waals surface area contributed by atoms with Gasteiger partial charge in [-0.3, -0.25) is 4.79 Å². The molecule has 3 unspecified atom stereocenters. The molecule has 1 N–H and O–H groups in total. The van der Waals surface area contributed by atoms with Gasteiger partial charge in [0.1, 0.15) is 6.10 Å². The lowest BCUT2D eigenvalue weighted by Crippen LogP contribution is -2.44. The van der Waals surface area contributed by atoms with Crippen LogP contribution in [0.1, 0.15) is 32.6 Å². The molecule has 3 atom stereocenters. The summed E-state index contributed by atoms with van der Waals surface area (Å²) in [5.74, 6) is 0.552. The quantitative estimate of drug-likeness (QED) is 0.783. The van der Waals surface area contributed by atoms with Crippen LogP contribution in [0.2, 0.25) is 0 Å². The van der Waals surface area contributed by atoms with Crippen molar-refractivity contribution in [1.82, 2.24) is 10.2 Å². The number of amides is 1. The summed E-state index contributed by atoms with van der Waals surface area (Å²) < 4.78 is 5.56. The summed E-state index contributed by atoms with van der Waals surface area (Å²) in [6.07, 6.45) is 4.13. The SMILES string of the molecule is CC1CCOC1C(=O)N(C)C1CCCNCC1. The molecule has 2 rings (SSSR count). The van der Waals surface area contributed by atoms with Crippen LogP contribution in [0.25, 0.3) is 0 Å². The largest absolute Gasteiger partial charge is 0.368 e. The summed E-state index contributed by atoms with van der Waals surface area (Å²) in [6.45, 7) is 4.94. The van der Waals surface area contributed by atoms with Crippen molar-refractivity contribution in [3.05, 3.63) is 0 Å². The van der Waals surface area contributed by atoms with Crippen LogP contribution in [0.3, 0.4) is 0 Å². The summed E-state index contributed by atoms with van der Waals surface area (Å²) in [4.78, 5) is 14.3. The predicted octanol–water partition coefficient (Wildman–Crippen LogP) is 1.01. The monoisotopic (exact) mass is 240 g/mol. The molecule has 0 aromatic rings. The fraction of sp³-hybridized carbons (Fsp3) is 0.923. The van der Waals surface area contributed by atoms with Gasteiger partial charge in [0.05, 0.1) is 0 Å². The van der Waals surface area contributed by atoms with Gasteiger partial charge in [-0.15, -0.1) is 0 Å². The zero-order chi connectivity index (χ0) is 12.3. The highest BCUT2D eigenvalue weighted by Crippen LogP contribution is 2.23. The lowest BCUT2D eigenvalue weighted by Gasteiger charge is -2.30. The molecule has 0 aliphatic carbocycles. The van der Waals surface area contributed by atoms with E-state index in [-0.39, 0.29) is 12.0 Å². The molecule has 2 aliphatic rings. The second-order valence-corrected chi connectivity index (χ2v) is 5.34. The average molecular weight is 240 g/mol. The van der Waals surface area contributed by atoms with E-state index < -0.39 is 0 Å². The number of hydrogen-bond acceptors (Lipinski definition) is 3. The lowest BCUT2D eigenvalue weighted by molar-refractivity contribution is -0.143. The van der Waals surface area contributed by atoms with Crippen LogP contribution in [-0.2, 0) is 9.53 Å². The Morgan fingerprint density at radius 3 is 2.82 bits per heavy atom. The maximum atomic E-state index is 12.3. The van der Waals surface area contributed by atoms with Crippen LogP contribution in [0.5, 0.6) is 0 Å². The number of nitrogens with zero attached hydrogens (tertiary/aromatic N) is 1.